The summed E-state index contributed by atoms with van der Waals surface area (Å²) in [6.45, 7) is 5.18. The summed E-state index contributed by atoms with van der Waals surface area (Å²) in [4.78, 5) is 10.7. The molecule has 1 aromatic carbocycles. The molecule has 1 N–H and O–H groups in total. The number of carbonyl (C=O) groups is 1. The first kappa shape index (κ1) is 13.3. The molecule has 0 unspecified atom stereocenters. The Morgan fingerprint density at radius 3 is 2.94 bits per heavy atom. The van der Waals surface area contributed by atoms with Crippen molar-refractivity contribution in [3.63, 3.8) is 0 Å². The Labute approximate surface area is 100 Å². The monoisotopic (exact) mass is 236 g/mol. The van der Waals surface area contributed by atoms with Crippen molar-refractivity contribution in [1.29, 1.82) is 0 Å². The van der Waals surface area contributed by atoms with E-state index in [2.05, 4.69) is 11.3 Å². The molecule has 0 aliphatic rings. The fourth-order valence-corrected chi connectivity index (χ4v) is 1.18. The van der Waals surface area contributed by atoms with Crippen LogP contribution in [0, 0.1) is 6.92 Å². The first-order valence-corrected chi connectivity index (χ1v) is 5.28. The fourth-order valence-electron chi connectivity index (χ4n) is 1.18. The van der Waals surface area contributed by atoms with Crippen molar-refractivity contribution >= 4 is 5.97 Å². The lowest BCUT2D eigenvalue weighted by atomic mass is 10.2. The van der Waals surface area contributed by atoms with Gasteiger partial charge in [-0.1, -0.05) is 18.7 Å². The Bertz CT molecular complexity index is 387. The second kappa shape index (κ2) is 6.70. The van der Waals surface area contributed by atoms with Crippen LogP contribution in [-0.4, -0.2) is 30.4 Å². The maximum absolute atomic E-state index is 10.7. The normalized spacial score (nSPS) is 11.6. The Balaban J connectivity index is 2.30. The number of hydrogen-bond acceptors (Lipinski definition) is 4. The summed E-state index contributed by atoms with van der Waals surface area (Å²) in [5.41, 5.74) is 1.08. The van der Waals surface area contributed by atoms with Gasteiger partial charge in [-0.2, -0.15) is 0 Å². The number of esters is 1. The van der Waals surface area contributed by atoms with Gasteiger partial charge in [0.25, 0.3) is 0 Å². The molecule has 0 fully saturated rings. The molecular weight excluding hydrogens is 220 g/mol. The van der Waals surface area contributed by atoms with Crippen LogP contribution in [0.3, 0.4) is 0 Å². The van der Waals surface area contributed by atoms with E-state index >= 15 is 0 Å². The van der Waals surface area contributed by atoms with Gasteiger partial charge in [0.05, 0.1) is 0 Å². The number of carbonyl (C=O) groups excluding carboxylic acids is 1. The van der Waals surface area contributed by atoms with E-state index in [-0.39, 0.29) is 13.2 Å². The second-order valence-corrected chi connectivity index (χ2v) is 3.62. The minimum atomic E-state index is -0.848. The number of aliphatic hydroxyl groups is 1. The predicted molar refractivity (Wildman–Crippen MR) is 63.8 cm³/mol. The van der Waals surface area contributed by atoms with Crippen LogP contribution in [0.5, 0.6) is 5.75 Å². The van der Waals surface area contributed by atoms with E-state index in [4.69, 9.17) is 4.74 Å². The average molecular weight is 236 g/mol. The van der Waals surface area contributed by atoms with Crippen molar-refractivity contribution in [2.45, 2.75) is 13.0 Å². The Morgan fingerprint density at radius 1 is 1.53 bits per heavy atom. The van der Waals surface area contributed by atoms with Gasteiger partial charge in [-0.3, -0.25) is 0 Å². The summed E-state index contributed by atoms with van der Waals surface area (Å²) in [5, 5.41) is 9.49. The molecule has 0 aliphatic heterocycles. The largest absolute Gasteiger partial charge is 0.491 e. The maximum atomic E-state index is 10.7. The van der Waals surface area contributed by atoms with E-state index in [9.17, 15) is 9.90 Å². The molecule has 0 heterocycles. The highest BCUT2D eigenvalue weighted by Gasteiger charge is 2.07. The lowest BCUT2D eigenvalue weighted by Crippen LogP contribution is -2.24. The summed E-state index contributed by atoms with van der Waals surface area (Å²) in [7, 11) is 0. The van der Waals surface area contributed by atoms with E-state index in [1.54, 1.807) is 6.07 Å². The minimum absolute atomic E-state index is 0.0773. The molecule has 0 bridgehead atoms. The highest BCUT2D eigenvalue weighted by atomic mass is 16.5. The fraction of sp³-hybridized carbons (Fsp3) is 0.308. The minimum Gasteiger partial charge on any atom is -0.491 e. The standard InChI is InChI=1S/C13H16O4/c1-3-13(15)17-9-11(14)8-16-12-6-4-5-10(2)7-12/h3-7,11,14H,1,8-9H2,2H3/t11-/m0/s1. The van der Waals surface area contributed by atoms with Gasteiger partial charge in [0.2, 0.25) is 0 Å². The third-order valence-corrected chi connectivity index (χ3v) is 2.02. The molecule has 4 nitrogen and oxygen atoms in total. The van der Waals surface area contributed by atoms with Gasteiger partial charge in [-0.25, -0.2) is 4.79 Å². The highest BCUT2D eigenvalue weighted by molar-refractivity contribution is 5.81. The number of aryl methyl sites for hydroxylation is 1. The van der Waals surface area contributed by atoms with Crippen LogP contribution in [0.4, 0.5) is 0 Å². The lowest BCUT2D eigenvalue weighted by Gasteiger charge is -2.12. The van der Waals surface area contributed by atoms with Gasteiger partial charge >= 0.3 is 5.97 Å². The molecule has 1 atom stereocenters. The molecule has 17 heavy (non-hydrogen) atoms. The van der Waals surface area contributed by atoms with Crippen LogP contribution in [0.25, 0.3) is 0 Å². The van der Waals surface area contributed by atoms with Crippen LogP contribution in [-0.2, 0) is 9.53 Å². The molecule has 0 spiro atoms. The molecular formula is C13H16O4. The number of aliphatic hydroxyl groups excluding tert-OH is 1. The van der Waals surface area contributed by atoms with Gasteiger partial charge in [0.15, 0.2) is 0 Å². The number of rotatable bonds is 6. The zero-order valence-electron chi connectivity index (χ0n) is 9.76. The van der Waals surface area contributed by atoms with Crippen molar-refractivity contribution in [2.75, 3.05) is 13.2 Å². The molecule has 0 saturated carbocycles. The first-order chi connectivity index (χ1) is 8.11. The predicted octanol–water partition coefficient (Wildman–Crippen LogP) is 1.46. The number of hydrogen-bond donors (Lipinski definition) is 1. The SMILES string of the molecule is C=CC(=O)OC[C@@H](O)COc1cccc(C)c1. The summed E-state index contributed by atoms with van der Waals surface area (Å²) < 4.78 is 10.0. The third-order valence-electron chi connectivity index (χ3n) is 2.02. The molecule has 0 saturated heterocycles. The zero-order chi connectivity index (χ0) is 12.7. The molecule has 1 aromatic rings. The summed E-state index contributed by atoms with van der Waals surface area (Å²) in [6.07, 6.45) is 0.202. The summed E-state index contributed by atoms with van der Waals surface area (Å²) in [6, 6.07) is 7.49. The van der Waals surface area contributed by atoms with E-state index in [0.717, 1.165) is 11.6 Å². The average Bonchev–Trinajstić information content (AvgIpc) is 2.33. The molecule has 0 aromatic heterocycles. The van der Waals surface area contributed by atoms with Crippen LogP contribution < -0.4 is 4.74 Å². The van der Waals surface area contributed by atoms with E-state index < -0.39 is 12.1 Å². The molecule has 0 amide bonds. The van der Waals surface area contributed by atoms with Crippen molar-refractivity contribution in [3.8, 4) is 5.75 Å². The van der Waals surface area contributed by atoms with Crippen molar-refractivity contribution in [1.82, 2.24) is 0 Å². The van der Waals surface area contributed by atoms with Crippen LogP contribution in [0.2, 0.25) is 0 Å². The van der Waals surface area contributed by atoms with Gasteiger partial charge in [-0.15, -0.1) is 0 Å². The Hall–Kier alpha value is -1.81. The number of benzene rings is 1. The summed E-state index contributed by atoms with van der Waals surface area (Å²) in [5.74, 6) is 0.124. The van der Waals surface area contributed by atoms with E-state index in [1.807, 2.05) is 25.1 Å². The zero-order valence-corrected chi connectivity index (χ0v) is 9.76. The molecule has 0 radical (unpaired) electrons. The smallest absolute Gasteiger partial charge is 0.330 e. The third kappa shape index (κ3) is 5.17. The molecule has 1 rings (SSSR count). The van der Waals surface area contributed by atoms with Crippen LogP contribution in [0.15, 0.2) is 36.9 Å². The summed E-state index contributed by atoms with van der Waals surface area (Å²) >= 11 is 0. The van der Waals surface area contributed by atoms with Crippen molar-refractivity contribution in [3.05, 3.63) is 42.5 Å². The van der Waals surface area contributed by atoms with Gasteiger partial charge in [0, 0.05) is 6.08 Å². The van der Waals surface area contributed by atoms with E-state index in [0.29, 0.717) is 5.75 Å². The molecule has 0 aliphatic carbocycles. The maximum Gasteiger partial charge on any atom is 0.330 e. The molecule has 92 valence electrons. The van der Waals surface area contributed by atoms with Gasteiger partial charge in [-0.05, 0) is 24.6 Å². The second-order valence-electron chi connectivity index (χ2n) is 3.62. The highest BCUT2D eigenvalue weighted by Crippen LogP contribution is 2.12. The topological polar surface area (TPSA) is 55.8 Å². The van der Waals surface area contributed by atoms with E-state index in [1.165, 1.54) is 0 Å². The van der Waals surface area contributed by atoms with Gasteiger partial charge in [0.1, 0.15) is 25.1 Å². The Kier molecular flexibility index (Phi) is 5.23. The van der Waals surface area contributed by atoms with Crippen LogP contribution >= 0.6 is 0 Å². The van der Waals surface area contributed by atoms with Crippen molar-refractivity contribution < 1.29 is 19.4 Å². The van der Waals surface area contributed by atoms with Crippen molar-refractivity contribution in [2.24, 2.45) is 0 Å². The molecule has 4 heteroatoms. The first-order valence-electron chi connectivity index (χ1n) is 5.28. The van der Waals surface area contributed by atoms with Gasteiger partial charge < -0.3 is 14.6 Å². The Morgan fingerprint density at radius 2 is 2.29 bits per heavy atom. The number of ether oxygens (including phenoxy) is 2. The lowest BCUT2D eigenvalue weighted by molar-refractivity contribution is -0.141. The quantitative estimate of drug-likeness (QED) is 0.600. The van der Waals surface area contributed by atoms with Crippen LogP contribution in [0.1, 0.15) is 5.56 Å².